The quantitative estimate of drug-likeness (QED) is 0.169. The predicted octanol–water partition coefficient (Wildman–Crippen LogP) is 4.92. The van der Waals surface area contributed by atoms with Gasteiger partial charge in [-0.1, -0.05) is 42.7 Å². The molecular weight excluding hydrogens is 634 g/mol. The number of nitrogens with zero attached hydrogens (tertiary/aromatic N) is 3. The lowest BCUT2D eigenvalue weighted by Gasteiger charge is -2.33. The van der Waals surface area contributed by atoms with Crippen molar-refractivity contribution in [3.8, 4) is 11.5 Å². The molecule has 0 saturated heterocycles. The Morgan fingerprint density at radius 2 is 1.83 bits per heavy atom. The molecule has 2 heterocycles. The number of benzene rings is 2. The molecule has 0 spiro atoms. The molecule has 0 unspecified atom stereocenters. The summed E-state index contributed by atoms with van der Waals surface area (Å²) in [6.45, 7) is 7.08. The number of ketones is 1. The molecule has 2 atom stereocenters. The van der Waals surface area contributed by atoms with Crippen LogP contribution < -0.4 is 14.4 Å². The van der Waals surface area contributed by atoms with Crippen LogP contribution >= 0.6 is 11.6 Å². The highest BCUT2D eigenvalue weighted by Crippen LogP contribution is 2.45. The minimum Gasteiger partial charge on any atom is -0.493 e. The van der Waals surface area contributed by atoms with E-state index in [9.17, 15) is 19.2 Å². The highest BCUT2D eigenvalue weighted by atomic mass is 35.5. The normalized spacial score (nSPS) is 16.2. The zero-order valence-corrected chi connectivity index (χ0v) is 27.9. The molecule has 0 aliphatic carbocycles. The summed E-state index contributed by atoms with van der Waals surface area (Å²) < 4.78 is 33.2. The van der Waals surface area contributed by atoms with Gasteiger partial charge in [0.2, 0.25) is 17.5 Å². The van der Waals surface area contributed by atoms with Crippen LogP contribution in [0.1, 0.15) is 74.3 Å². The van der Waals surface area contributed by atoms with Crippen molar-refractivity contribution in [2.24, 2.45) is 5.41 Å². The predicted molar refractivity (Wildman–Crippen MR) is 169 cm³/mol. The number of methoxy groups -OCH3 is 2. The summed E-state index contributed by atoms with van der Waals surface area (Å²) in [6.07, 6.45) is -2.64. The molecule has 0 radical (unpaired) electrons. The third-order valence-corrected chi connectivity index (χ3v) is 7.54. The molecule has 1 amide bonds. The molecule has 0 N–H and O–H groups in total. The average molecular weight is 672 g/mol. The zero-order chi connectivity index (χ0) is 34.3. The minimum absolute atomic E-state index is 0.00313. The third-order valence-electron chi connectivity index (χ3n) is 7.31. The Hall–Kier alpha value is -4.49. The Morgan fingerprint density at radius 3 is 2.51 bits per heavy atom. The van der Waals surface area contributed by atoms with Crippen LogP contribution in [0, 0.1) is 5.41 Å². The summed E-state index contributed by atoms with van der Waals surface area (Å²) >= 11 is 6.50. The molecule has 1 aromatic heterocycles. The lowest BCUT2D eigenvalue weighted by Crippen LogP contribution is -2.46. The van der Waals surface area contributed by atoms with Gasteiger partial charge in [-0.25, -0.2) is 0 Å². The number of aryl methyl sites for hydroxylation is 1. The highest BCUT2D eigenvalue weighted by Gasteiger charge is 2.41. The van der Waals surface area contributed by atoms with E-state index in [1.807, 2.05) is 13.8 Å². The molecule has 47 heavy (non-hydrogen) atoms. The molecule has 3 aromatic rings. The fourth-order valence-corrected chi connectivity index (χ4v) is 5.35. The van der Waals surface area contributed by atoms with E-state index in [0.717, 1.165) is 0 Å². The van der Waals surface area contributed by atoms with Crippen molar-refractivity contribution in [3.63, 3.8) is 0 Å². The molecule has 14 heteroatoms. The summed E-state index contributed by atoms with van der Waals surface area (Å²) in [5, 5.41) is 4.17. The van der Waals surface area contributed by atoms with Crippen molar-refractivity contribution < 1.29 is 47.4 Å². The molecule has 1 aliphatic rings. The van der Waals surface area contributed by atoms with Gasteiger partial charge in [0, 0.05) is 53.6 Å². The highest BCUT2D eigenvalue weighted by molar-refractivity contribution is 6.30. The monoisotopic (exact) mass is 671 g/mol. The standard InChI is InChI=1S/C33H38ClN3O10/c1-7-44-28(40)14-13-27-35-31(36-47-27)24(39)16-26-32(41)37(17-33(3,4)18-45-19(2)38)23-12-11-20(34)15-22(23)29(46-26)21-9-8-10-25(42-5)30(21)43-6/h8-12,15,26,29H,7,13-14,16-18H2,1-6H3/t26-,29-/m1/s1. The molecule has 2 aromatic carbocycles. The van der Waals surface area contributed by atoms with Crippen molar-refractivity contribution in [3.05, 3.63) is 64.3 Å². The first-order chi connectivity index (χ1) is 22.4. The lowest BCUT2D eigenvalue weighted by atomic mass is 9.92. The second-order valence-electron chi connectivity index (χ2n) is 11.6. The topological polar surface area (TPSA) is 157 Å². The average Bonchev–Trinajstić information content (AvgIpc) is 3.49. The van der Waals surface area contributed by atoms with Crippen LogP contribution in [0.25, 0.3) is 0 Å². The summed E-state index contributed by atoms with van der Waals surface area (Å²) in [5.41, 5.74) is 0.849. The largest absolute Gasteiger partial charge is 0.493 e. The van der Waals surface area contributed by atoms with Crippen LogP contribution in [0.2, 0.25) is 5.02 Å². The number of Topliss-reactive ketones (excluding diaryl/α,β-unsaturated/α-hetero) is 1. The van der Waals surface area contributed by atoms with Gasteiger partial charge < -0.3 is 33.1 Å². The van der Waals surface area contributed by atoms with E-state index in [4.69, 9.17) is 39.8 Å². The Labute approximate surface area is 277 Å². The van der Waals surface area contributed by atoms with Gasteiger partial charge in [0.1, 0.15) is 12.2 Å². The fourth-order valence-electron chi connectivity index (χ4n) is 5.17. The van der Waals surface area contributed by atoms with E-state index < -0.39 is 47.7 Å². The first kappa shape index (κ1) is 35.4. The number of amides is 1. The first-order valence-corrected chi connectivity index (χ1v) is 15.4. The van der Waals surface area contributed by atoms with Gasteiger partial charge in [-0.05, 0) is 31.2 Å². The van der Waals surface area contributed by atoms with Gasteiger partial charge >= 0.3 is 11.9 Å². The summed E-state index contributed by atoms with van der Waals surface area (Å²) in [7, 11) is 2.99. The van der Waals surface area contributed by atoms with Crippen LogP contribution in [0.5, 0.6) is 11.5 Å². The molecule has 4 rings (SSSR count). The SMILES string of the molecule is CCOC(=O)CCc1nc(C(=O)C[C@H]2O[C@H](c3cccc(OC)c3OC)c3cc(Cl)ccc3N(CC(C)(C)COC(C)=O)C2=O)no1. The van der Waals surface area contributed by atoms with E-state index in [0.29, 0.717) is 33.3 Å². The third kappa shape index (κ3) is 8.66. The molecule has 0 bridgehead atoms. The van der Waals surface area contributed by atoms with Gasteiger partial charge in [-0.15, -0.1) is 0 Å². The van der Waals surface area contributed by atoms with Crippen molar-refractivity contribution in [1.29, 1.82) is 0 Å². The number of hydrogen-bond acceptors (Lipinski definition) is 12. The van der Waals surface area contributed by atoms with E-state index in [1.54, 1.807) is 43.3 Å². The molecule has 0 saturated carbocycles. The number of carbonyl (C=O) groups is 4. The summed E-state index contributed by atoms with van der Waals surface area (Å²) in [5.74, 6) is -1.41. The molecular formula is C33H38ClN3O10. The van der Waals surface area contributed by atoms with Crippen molar-refractivity contribution in [2.75, 3.05) is 38.9 Å². The van der Waals surface area contributed by atoms with Crippen LogP contribution in [-0.2, 0) is 35.0 Å². The second-order valence-corrected chi connectivity index (χ2v) is 12.0. The van der Waals surface area contributed by atoms with Crippen molar-refractivity contribution in [2.45, 2.75) is 59.2 Å². The number of anilines is 1. The number of halogens is 1. The Kier molecular flexibility index (Phi) is 11.6. The van der Waals surface area contributed by atoms with Crippen molar-refractivity contribution in [1.82, 2.24) is 10.1 Å². The maximum Gasteiger partial charge on any atom is 0.306 e. The van der Waals surface area contributed by atoms with Crippen LogP contribution in [0.4, 0.5) is 5.69 Å². The summed E-state index contributed by atoms with van der Waals surface area (Å²) in [4.78, 5) is 57.0. The number of carbonyl (C=O) groups excluding carboxylic acids is 4. The number of hydrogen-bond donors (Lipinski definition) is 0. The number of ether oxygens (including phenoxy) is 5. The fraction of sp³-hybridized carbons (Fsp3) is 0.455. The number of rotatable bonds is 14. The van der Waals surface area contributed by atoms with Crippen molar-refractivity contribution >= 4 is 40.9 Å². The zero-order valence-electron chi connectivity index (χ0n) is 27.2. The Bertz CT molecular complexity index is 1620. The van der Waals surface area contributed by atoms with Gasteiger partial charge in [0.05, 0.1) is 33.9 Å². The van der Waals surface area contributed by atoms with Crippen LogP contribution in [-0.4, -0.2) is 73.9 Å². The number of para-hydroxylation sites is 1. The van der Waals surface area contributed by atoms with Gasteiger partial charge in [0.15, 0.2) is 11.5 Å². The Balaban J connectivity index is 1.76. The van der Waals surface area contributed by atoms with E-state index in [1.165, 1.54) is 26.0 Å². The number of fused-ring (bicyclic) bond motifs is 1. The lowest BCUT2D eigenvalue weighted by molar-refractivity contribution is -0.144. The maximum atomic E-state index is 14.4. The molecule has 13 nitrogen and oxygen atoms in total. The number of aromatic nitrogens is 2. The second kappa shape index (κ2) is 15.4. The van der Waals surface area contributed by atoms with Gasteiger partial charge in [-0.3, -0.25) is 19.2 Å². The molecule has 0 fully saturated rings. The Morgan fingerprint density at radius 1 is 1.06 bits per heavy atom. The van der Waals surface area contributed by atoms with Gasteiger partial charge in [-0.2, -0.15) is 4.98 Å². The minimum atomic E-state index is -1.33. The smallest absolute Gasteiger partial charge is 0.306 e. The van der Waals surface area contributed by atoms with Crippen LogP contribution in [0.15, 0.2) is 40.9 Å². The maximum absolute atomic E-state index is 14.4. The molecule has 252 valence electrons. The van der Waals surface area contributed by atoms with E-state index >= 15 is 0 Å². The summed E-state index contributed by atoms with van der Waals surface area (Å²) in [6, 6.07) is 10.3. The molecule has 1 aliphatic heterocycles. The number of esters is 2. The van der Waals surface area contributed by atoms with Crippen LogP contribution in [0.3, 0.4) is 0 Å². The van der Waals surface area contributed by atoms with E-state index in [-0.39, 0.29) is 44.3 Å². The first-order valence-electron chi connectivity index (χ1n) is 15.0. The van der Waals surface area contributed by atoms with E-state index in [2.05, 4.69) is 10.1 Å². The van der Waals surface area contributed by atoms with Gasteiger partial charge in [0.25, 0.3) is 5.91 Å².